The van der Waals surface area contributed by atoms with Crippen LogP contribution in [0.4, 0.5) is 5.69 Å². The maximum absolute atomic E-state index is 12.7. The number of non-ortho nitro benzene ring substituents is 1. The third-order valence-electron chi connectivity index (χ3n) is 6.27. The van der Waals surface area contributed by atoms with Gasteiger partial charge in [-0.15, -0.1) is 0 Å². The number of carbonyl (C=O) groups excluding carboxylic acids is 2. The summed E-state index contributed by atoms with van der Waals surface area (Å²) in [7, 11) is 0. The summed E-state index contributed by atoms with van der Waals surface area (Å²) < 4.78 is 6.47. The molecule has 0 unspecified atom stereocenters. The average Bonchev–Trinajstić information content (AvgIpc) is 3.46. The molecule has 0 aromatic heterocycles. The van der Waals surface area contributed by atoms with E-state index in [1.165, 1.54) is 18.3 Å². The highest BCUT2D eigenvalue weighted by Gasteiger charge is 2.59. The lowest BCUT2D eigenvalue weighted by Crippen LogP contribution is -2.28. The van der Waals surface area contributed by atoms with E-state index >= 15 is 0 Å². The Hall–Kier alpha value is -3.33. The van der Waals surface area contributed by atoms with Crippen molar-refractivity contribution < 1.29 is 19.2 Å². The van der Waals surface area contributed by atoms with Crippen LogP contribution in [0.5, 0.6) is 5.75 Å². The van der Waals surface area contributed by atoms with Crippen LogP contribution in [-0.4, -0.2) is 28.0 Å². The summed E-state index contributed by atoms with van der Waals surface area (Å²) in [5, 5.41) is 15.9. The van der Waals surface area contributed by atoms with Gasteiger partial charge in [-0.3, -0.25) is 19.7 Å². The predicted molar refractivity (Wildman–Crippen MR) is 119 cm³/mol. The third kappa shape index (κ3) is 3.52. The van der Waals surface area contributed by atoms with E-state index < -0.39 is 4.92 Å². The van der Waals surface area contributed by atoms with E-state index in [1.807, 2.05) is 0 Å². The first kappa shape index (κ1) is 20.6. The van der Waals surface area contributed by atoms with Crippen molar-refractivity contribution in [3.8, 4) is 5.75 Å². The quantitative estimate of drug-likeness (QED) is 0.197. The zero-order valence-corrected chi connectivity index (χ0v) is 18.3. The maximum Gasteiger partial charge on any atom is 0.269 e. The van der Waals surface area contributed by atoms with E-state index in [0.29, 0.717) is 15.8 Å². The fourth-order valence-electron chi connectivity index (χ4n) is 4.71. The van der Waals surface area contributed by atoms with E-state index in [9.17, 15) is 19.7 Å². The molecule has 9 heteroatoms. The molecule has 2 fully saturated rings. The summed E-state index contributed by atoms with van der Waals surface area (Å²) in [5.74, 6) is -0.0597. The number of nitrogens with zero attached hydrogens (tertiary/aromatic N) is 3. The normalized spacial score (nSPS) is 25.7. The molecular weight excluding hydrogens is 478 g/mol. The lowest BCUT2D eigenvalue weighted by atomic mass is 9.85. The molecule has 8 nitrogen and oxygen atoms in total. The van der Waals surface area contributed by atoms with Crippen LogP contribution in [-0.2, 0) is 16.2 Å². The molecule has 1 saturated carbocycles. The minimum atomic E-state index is -0.446. The largest absolute Gasteiger partial charge is 0.488 e. The minimum Gasteiger partial charge on any atom is -0.488 e. The Morgan fingerprint density at radius 1 is 1.09 bits per heavy atom. The summed E-state index contributed by atoms with van der Waals surface area (Å²) in [6.07, 6.45) is 6.49. The van der Waals surface area contributed by atoms with Gasteiger partial charge in [0.15, 0.2) is 0 Å². The van der Waals surface area contributed by atoms with Gasteiger partial charge < -0.3 is 4.74 Å². The van der Waals surface area contributed by atoms with Crippen LogP contribution in [0.3, 0.4) is 0 Å². The SMILES string of the molecule is O=C1[C@@H]2[C@H](C(=O)N1N=Cc1ccc(OCc3ccc([N+](=O)[O-])cc3)c(Br)c1)[C@H]1C=C[C@H]2C1. The lowest BCUT2D eigenvalue weighted by Gasteiger charge is -2.13. The first-order chi connectivity index (χ1) is 15.4. The van der Waals surface area contributed by atoms with Crippen LogP contribution in [0.1, 0.15) is 17.5 Å². The Morgan fingerprint density at radius 2 is 1.75 bits per heavy atom. The molecule has 0 N–H and O–H groups in total. The van der Waals surface area contributed by atoms with Crippen molar-refractivity contribution in [3.63, 3.8) is 0 Å². The van der Waals surface area contributed by atoms with Gasteiger partial charge in [0.25, 0.3) is 17.5 Å². The molecule has 162 valence electrons. The molecule has 2 aromatic rings. The third-order valence-corrected chi connectivity index (χ3v) is 6.89. The Balaban J connectivity index is 1.24. The van der Waals surface area contributed by atoms with Crippen molar-refractivity contribution >= 4 is 39.6 Å². The molecule has 1 aliphatic heterocycles. The molecule has 2 aromatic carbocycles. The predicted octanol–water partition coefficient (Wildman–Crippen LogP) is 4.08. The number of nitro groups is 1. The molecular formula is C23H18BrN3O5. The number of nitro benzene ring substituents is 1. The fourth-order valence-corrected chi connectivity index (χ4v) is 5.23. The molecule has 1 saturated heterocycles. The lowest BCUT2D eigenvalue weighted by molar-refractivity contribution is -0.384. The van der Waals surface area contributed by atoms with Gasteiger partial charge in [0.2, 0.25) is 0 Å². The highest BCUT2D eigenvalue weighted by Crippen LogP contribution is 2.52. The molecule has 5 rings (SSSR count). The van der Waals surface area contributed by atoms with Gasteiger partial charge in [-0.2, -0.15) is 10.1 Å². The second kappa shape index (κ2) is 7.98. The second-order valence-corrected chi connectivity index (χ2v) is 8.99. The summed E-state index contributed by atoms with van der Waals surface area (Å²) in [6.45, 7) is 0.250. The summed E-state index contributed by atoms with van der Waals surface area (Å²) in [4.78, 5) is 35.7. The number of imide groups is 1. The number of halogens is 1. The van der Waals surface area contributed by atoms with E-state index in [1.54, 1.807) is 30.3 Å². The fraction of sp³-hybridized carbons (Fsp3) is 0.261. The van der Waals surface area contributed by atoms with Crippen molar-refractivity contribution in [2.45, 2.75) is 13.0 Å². The van der Waals surface area contributed by atoms with Gasteiger partial charge in [-0.25, -0.2) is 0 Å². The van der Waals surface area contributed by atoms with Crippen LogP contribution in [0.25, 0.3) is 0 Å². The van der Waals surface area contributed by atoms with Gasteiger partial charge in [0.05, 0.1) is 27.4 Å². The van der Waals surface area contributed by atoms with Crippen LogP contribution in [0.2, 0.25) is 0 Å². The Bertz CT molecular complexity index is 1150. The standard InChI is InChI=1S/C23H18BrN3O5/c24-18-9-14(3-8-19(18)32-12-13-1-6-17(7-2-13)27(30)31)11-25-26-22(28)20-15-4-5-16(10-15)21(20)23(26)29/h1-9,11,15-16,20-21H,10,12H2/t15-,16-,20-,21+/m0/s1. The van der Waals surface area contributed by atoms with Crippen molar-refractivity contribution in [1.29, 1.82) is 0 Å². The maximum atomic E-state index is 12.7. The number of hydrogen-bond donors (Lipinski definition) is 0. The van der Waals surface area contributed by atoms with Crippen LogP contribution in [0.15, 0.2) is 64.2 Å². The molecule has 2 aliphatic carbocycles. The molecule has 2 bridgehead atoms. The summed E-state index contributed by atoms with van der Waals surface area (Å²) in [6, 6.07) is 11.5. The van der Waals surface area contributed by atoms with Gasteiger partial charge in [0, 0.05) is 12.1 Å². The topological polar surface area (TPSA) is 102 Å². The number of rotatable bonds is 6. The average molecular weight is 496 g/mol. The molecule has 2 amide bonds. The zero-order valence-electron chi connectivity index (χ0n) is 16.8. The number of ether oxygens (including phenoxy) is 1. The number of amides is 2. The Kier molecular flexibility index (Phi) is 5.13. The molecule has 3 aliphatic rings. The van der Waals surface area contributed by atoms with Crippen molar-refractivity contribution in [2.24, 2.45) is 28.8 Å². The van der Waals surface area contributed by atoms with Gasteiger partial charge in [0.1, 0.15) is 12.4 Å². The van der Waals surface area contributed by atoms with E-state index in [-0.39, 0.29) is 47.8 Å². The smallest absolute Gasteiger partial charge is 0.269 e. The van der Waals surface area contributed by atoms with Crippen LogP contribution in [0, 0.1) is 33.8 Å². The van der Waals surface area contributed by atoms with Crippen molar-refractivity contribution in [2.75, 3.05) is 0 Å². The highest BCUT2D eigenvalue weighted by atomic mass is 79.9. The molecule has 4 atom stereocenters. The van der Waals surface area contributed by atoms with Gasteiger partial charge in [-0.05, 0) is 75.6 Å². The Labute approximate surface area is 191 Å². The molecule has 0 spiro atoms. The second-order valence-electron chi connectivity index (χ2n) is 8.13. The van der Waals surface area contributed by atoms with Crippen molar-refractivity contribution in [1.82, 2.24) is 5.01 Å². The molecule has 1 heterocycles. The van der Waals surface area contributed by atoms with Crippen LogP contribution >= 0.6 is 15.9 Å². The number of allylic oxidation sites excluding steroid dienone is 2. The van der Waals surface area contributed by atoms with E-state index in [0.717, 1.165) is 17.0 Å². The monoisotopic (exact) mass is 495 g/mol. The van der Waals surface area contributed by atoms with E-state index in [2.05, 4.69) is 33.2 Å². The highest BCUT2D eigenvalue weighted by molar-refractivity contribution is 9.10. The number of benzene rings is 2. The zero-order chi connectivity index (χ0) is 22.4. The van der Waals surface area contributed by atoms with Crippen molar-refractivity contribution in [3.05, 3.63) is 80.3 Å². The van der Waals surface area contributed by atoms with Crippen LogP contribution < -0.4 is 4.74 Å². The van der Waals surface area contributed by atoms with E-state index in [4.69, 9.17) is 4.74 Å². The number of hydrazone groups is 1. The number of fused-ring (bicyclic) bond motifs is 5. The first-order valence-corrected chi connectivity index (χ1v) is 11.0. The van der Waals surface area contributed by atoms with Gasteiger partial charge in [-0.1, -0.05) is 12.2 Å². The summed E-state index contributed by atoms with van der Waals surface area (Å²) >= 11 is 3.46. The molecule has 32 heavy (non-hydrogen) atoms. The van der Waals surface area contributed by atoms with Gasteiger partial charge >= 0.3 is 0 Å². The molecule has 0 radical (unpaired) electrons. The minimum absolute atomic E-state index is 0.0288. The number of hydrogen-bond acceptors (Lipinski definition) is 6. The first-order valence-electron chi connectivity index (χ1n) is 10.2. The Morgan fingerprint density at radius 3 is 2.34 bits per heavy atom. The summed E-state index contributed by atoms with van der Waals surface area (Å²) in [5.41, 5.74) is 1.53. The number of carbonyl (C=O) groups is 2.